The van der Waals surface area contributed by atoms with Gasteiger partial charge in [-0.05, 0) is 61.4 Å². The van der Waals surface area contributed by atoms with Gasteiger partial charge in [-0.25, -0.2) is 4.68 Å². The summed E-state index contributed by atoms with van der Waals surface area (Å²) in [6.07, 6.45) is 0.809. The Hall–Kier alpha value is -3.81. The Morgan fingerprint density at radius 2 is 1.76 bits per heavy atom. The molecule has 0 spiro atoms. The van der Waals surface area contributed by atoms with E-state index in [0.717, 1.165) is 16.9 Å². The molecule has 0 unspecified atom stereocenters. The van der Waals surface area contributed by atoms with Gasteiger partial charge in [0.15, 0.2) is 11.5 Å². The van der Waals surface area contributed by atoms with E-state index >= 15 is 0 Å². The van der Waals surface area contributed by atoms with Crippen molar-refractivity contribution in [3.63, 3.8) is 0 Å². The minimum atomic E-state index is -0.247. The van der Waals surface area contributed by atoms with Crippen LogP contribution in [0.25, 0.3) is 11.3 Å². The van der Waals surface area contributed by atoms with Gasteiger partial charge in [-0.3, -0.25) is 9.59 Å². The zero-order chi connectivity index (χ0) is 23.6. The van der Waals surface area contributed by atoms with E-state index in [1.54, 1.807) is 20.3 Å². The fourth-order valence-corrected chi connectivity index (χ4v) is 3.33. The van der Waals surface area contributed by atoms with Gasteiger partial charge in [0.05, 0.1) is 33.1 Å². The molecule has 0 radical (unpaired) electrons. The van der Waals surface area contributed by atoms with Crippen LogP contribution in [0.1, 0.15) is 18.9 Å². The van der Waals surface area contributed by atoms with Gasteiger partial charge in [0.1, 0.15) is 5.75 Å². The minimum Gasteiger partial charge on any atom is -0.494 e. The Morgan fingerprint density at radius 1 is 1.00 bits per heavy atom. The lowest BCUT2D eigenvalue weighted by molar-refractivity contribution is -0.121. The van der Waals surface area contributed by atoms with E-state index in [1.807, 2.05) is 49.4 Å². The second kappa shape index (κ2) is 11.7. The van der Waals surface area contributed by atoms with Crippen LogP contribution in [0, 0.1) is 0 Å². The van der Waals surface area contributed by atoms with E-state index in [9.17, 15) is 9.59 Å². The van der Waals surface area contributed by atoms with Gasteiger partial charge in [-0.1, -0.05) is 6.07 Å². The summed E-state index contributed by atoms with van der Waals surface area (Å²) in [7, 11) is 3.18. The maximum Gasteiger partial charge on any atom is 0.266 e. The number of hydrogen-bond acceptors (Lipinski definition) is 6. The van der Waals surface area contributed by atoms with Gasteiger partial charge < -0.3 is 19.5 Å². The maximum atomic E-state index is 12.3. The van der Waals surface area contributed by atoms with Gasteiger partial charge in [0, 0.05) is 24.6 Å². The molecule has 0 aliphatic carbocycles. The Morgan fingerprint density at radius 3 is 2.45 bits per heavy atom. The van der Waals surface area contributed by atoms with Gasteiger partial charge in [-0.15, -0.1) is 0 Å². The Balaban J connectivity index is 1.53. The van der Waals surface area contributed by atoms with Crippen molar-refractivity contribution < 1.29 is 19.0 Å². The molecule has 0 fully saturated rings. The second-order valence-corrected chi connectivity index (χ2v) is 7.28. The molecule has 33 heavy (non-hydrogen) atoms. The third-order valence-corrected chi connectivity index (χ3v) is 5.06. The smallest absolute Gasteiger partial charge is 0.266 e. The molecular weight excluding hydrogens is 422 g/mol. The van der Waals surface area contributed by atoms with E-state index < -0.39 is 0 Å². The van der Waals surface area contributed by atoms with Crippen molar-refractivity contribution in [2.75, 3.05) is 27.4 Å². The summed E-state index contributed by atoms with van der Waals surface area (Å²) < 4.78 is 17.3. The quantitative estimate of drug-likeness (QED) is 0.482. The molecule has 1 heterocycles. The summed E-state index contributed by atoms with van der Waals surface area (Å²) in [4.78, 5) is 24.5. The predicted molar refractivity (Wildman–Crippen MR) is 126 cm³/mol. The summed E-state index contributed by atoms with van der Waals surface area (Å²) >= 11 is 0. The van der Waals surface area contributed by atoms with Crippen molar-refractivity contribution in [3.05, 3.63) is 70.5 Å². The number of carbonyl (C=O) groups excluding carboxylic acids is 1. The highest BCUT2D eigenvalue weighted by atomic mass is 16.5. The van der Waals surface area contributed by atoms with Crippen molar-refractivity contribution in [3.8, 4) is 28.5 Å². The lowest BCUT2D eigenvalue weighted by Gasteiger charge is -2.10. The largest absolute Gasteiger partial charge is 0.494 e. The number of nitrogens with zero attached hydrogens (tertiary/aromatic N) is 2. The monoisotopic (exact) mass is 451 g/mol. The van der Waals surface area contributed by atoms with Crippen molar-refractivity contribution in [2.45, 2.75) is 26.3 Å². The van der Waals surface area contributed by atoms with Gasteiger partial charge in [0.2, 0.25) is 5.91 Å². The number of rotatable bonds is 11. The molecule has 3 aromatic rings. The van der Waals surface area contributed by atoms with Gasteiger partial charge in [-0.2, -0.15) is 5.10 Å². The van der Waals surface area contributed by atoms with Crippen molar-refractivity contribution in [1.29, 1.82) is 0 Å². The molecule has 0 aliphatic heterocycles. The predicted octanol–water partition coefficient (Wildman–Crippen LogP) is 3.08. The molecule has 8 nitrogen and oxygen atoms in total. The van der Waals surface area contributed by atoms with Crippen LogP contribution in [0.2, 0.25) is 0 Å². The number of aromatic nitrogens is 2. The third-order valence-electron chi connectivity index (χ3n) is 5.06. The third kappa shape index (κ3) is 6.58. The van der Waals surface area contributed by atoms with Crippen molar-refractivity contribution in [2.24, 2.45) is 0 Å². The molecule has 1 aromatic heterocycles. The zero-order valence-electron chi connectivity index (χ0n) is 19.2. The van der Waals surface area contributed by atoms with E-state index in [0.29, 0.717) is 36.8 Å². The number of nitrogens with one attached hydrogen (secondary N) is 1. The average Bonchev–Trinajstić information content (AvgIpc) is 2.84. The number of methoxy groups -OCH3 is 2. The summed E-state index contributed by atoms with van der Waals surface area (Å²) in [6.45, 7) is 3.20. The van der Waals surface area contributed by atoms with Crippen LogP contribution in [-0.4, -0.2) is 43.1 Å². The van der Waals surface area contributed by atoms with E-state index in [-0.39, 0.29) is 24.4 Å². The number of aryl methyl sites for hydroxylation is 1. The Bertz CT molecular complexity index is 1130. The van der Waals surface area contributed by atoms with E-state index in [1.165, 1.54) is 10.7 Å². The zero-order valence-corrected chi connectivity index (χ0v) is 19.2. The van der Waals surface area contributed by atoms with Gasteiger partial charge in [0.25, 0.3) is 5.56 Å². The number of amides is 1. The molecule has 0 bridgehead atoms. The van der Waals surface area contributed by atoms with Crippen LogP contribution in [0.15, 0.2) is 59.4 Å². The first kappa shape index (κ1) is 23.8. The Labute approximate surface area is 193 Å². The number of benzene rings is 2. The summed E-state index contributed by atoms with van der Waals surface area (Å²) in [6, 6.07) is 16.3. The van der Waals surface area contributed by atoms with Crippen LogP contribution in [0.3, 0.4) is 0 Å². The molecule has 8 heteroatoms. The number of carbonyl (C=O) groups is 1. The first-order chi connectivity index (χ1) is 16.0. The highest BCUT2D eigenvalue weighted by molar-refractivity contribution is 5.75. The van der Waals surface area contributed by atoms with Crippen molar-refractivity contribution >= 4 is 5.91 Å². The second-order valence-electron chi connectivity index (χ2n) is 7.28. The molecule has 174 valence electrons. The lowest BCUT2D eigenvalue weighted by Crippen LogP contribution is -2.29. The molecule has 2 aromatic carbocycles. The molecule has 1 N–H and O–H groups in total. The standard InChI is InChI=1S/C25H29N3O5/c1-4-33-20-8-6-19(7-9-20)21-10-12-25(30)28(27-21)16-14-24(29)26-15-13-18-5-11-22(31-2)23(17-18)32-3/h5-12,17H,4,13-16H2,1-3H3,(H,26,29). The molecule has 0 saturated heterocycles. The molecule has 0 saturated carbocycles. The molecular formula is C25H29N3O5. The number of ether oxygens (including phenoxy) is 3. The van der Waals surface area contributed by atoms with Crippen molar-refractivity contribution in [1.82, 2.24) is 15.1 Å². The van der Waals surface area contributed by atoms with Crippen LogP contribution < -0.4 is 25.1 Å². The Kier molecular flexibility index (Phi) is 8.46. The van der Waals surface area contributed by atoms with Crippen LogP contribution in [0.4, 0.5) is 0 Å². The van der Waals surface area contributed by atoms with Crippen LogP contribution in [-0.2, 0) is 17.8 Å². The van der Waals surface area contributed by atoms with Crippen LogP contribution >= 0.6 is 0 Å². The van der Waals surface area contributed by atoms with E-state index in [2.05, 4.69) is 10.4 Å². The topological polar surface area (TPSA) is 91.7 Å². The molecule has 1 amide bonds. The normalized spacial score (nSPS) is 10.5. The SMILES string of the molecule is CCOc1ccc(-c2ccc(=O)n(CCC(=O)NCCc3ccc(OC)c(OC)c3)n2)cc1. The summed E-state index contributed by atoms with van der Waals surface area (Å²) in [5.74, 6) is 1.95. The maximum absolute atomic E-state index is 12.3. The van der Waals surface area contributed by atoms with E-state index in [4.69, 9.17) is 14.2 Å². The van der Waals surface area contributed by atoms with Gasteiger partial charge >= 0.3 is 0 Å². The average molecular weight is 452 g/mol. The minimum absolute atomic E-state index is 0.143. The highest BCUT2D eigenvalue weighted by Crippen LogP contribution is 2.27. The number of hydrogen-bond donors (Lipinski definition) is 1. The first-order valence-corrected chi connectivity index (χ1v) is 10.8. The fraction of sp³-hybridized carbons (Fsp3) is 0.320. The summed E-state index contributed by atoms with van der Waals surface area (Å²) in [5.41, 5.74) is 2.30. The highest BCUT2D eigenvalue weighted by Gasteiger charge is 2.08. The molecule has 3 rings (SSSR count). The van der Waals surface area contributed by atoms with Crippen LogP contribution in [0.5, 0.6) is 17.2 Å². The first-order valence-electron chi connectivity index (χ1n) is 10.8. The summed E-state index contributed by atoms with van der Waals surface area (Å²) in [5, 5.41) is 7.29. The molecule has 0 atom stereocenters. The fourth-order valence-electron chi connectivity index (χ4n) is 3.33. The molecule has 0 aliphatic rings. The lowest BCUT2D eigenvalue weighted by atomic mass is 10.1.